The summed E-state index contributed by atoms with van der Waals surface area (Å²) in [6.07, 6.45) is 8.42. The number of hydrogen-bond acceptors (Lipinski definition) is 4. The number of hydrogen-bond donors (Lipinski definition) is 3. The molecular weight excluding hydrogens is 352 g/mol. The second kappa shape index (κ2) is 7.90. The number of carbonyl (C=O) groups excluding carboxylic acids is 1. The van der Waals surface area contributed by atoms with Gasteiger partial charge in [-0.15, -0.1) is 0 Å². The summed E-state index contributed by atoms with van der Waals surface area (Å²) in [5.74, 6) is 1.10. The summed E-state index contributed by atoms with van der Waals surface area (Å²) in [4.78, 5) is 12.3. The molecule has 140 valence electrons. The molecule has 1 aliphatic rings. The van der Waals surface area contributed by atoms with E-state index in [1.165, 1.54) is 38.2 Å². The predicted molar refractivity (Wildman–Crippen MR) is 101 cm³/mol. The number of aromatic nitrogens is 2. The van der Waals surface area contributed by atoms with Crippen molar-refractivity contribution in [2.75, 3.05) is 16.9 Å². The van der Waals surface area contributed by atoms with E-state index in [1.807, 2.05) is 6.07 Å². The fraction of sp³-hybridized carbons (Fsp3) is 0.444. The Morgan fingerprint density at radius 1 is 1.19 bits per heavy atom. The quantitative estimate of drug-likeness (QED) is 0.742. The zero-order valence-corrected chi connectivity index (χ0v) is 15.6. The normalized spacial score (nSPS) is 15.6. The van der Waals surface area contributed by atoms with Crippen molar-refractivity contribution in [3.63, 3.8) is 0 Å². The van der Waals surface area contributed by atoms with Crippen LogP contribution in [0.25, 0.3) is 0 Å². The molecule has 1 fully saturated rings. The maximum atomic E-state index is 12.2. The lowest BCUT2D eigenvalue weighted by molar-refractivity contribution is 0.262. The van der Waals surface area contributed by atoms with Crippen LogP contribution in [0.2, 0.25) is 0 Å². The summed E-state index contributed by atoms with van der Waals surface area (Å²) in [5.41, 5.74) is 1.24. The molecule has 0 atom stereocenters. The Morgan fingerprint density at radius 3 is 2.65 bits per heavy atom. The van der Waals surface area contributed by atoms with E-state index in [1.54, 1.807) is 18.2 Å². The van der Waals surface area contributed by atoms with E-state index in [2.05, 4.69) is 20.8 Å². The number of anilines is 2. The predicted octanol–water partition coefficient (Wildman–Crippen LogP) is 3.58. The third-order valence-electron chi connectivity index (χ3n) is 4.64. The molecule has 0 radical (unpaired) electrons. The first-order valence-electron chi connectivity index (χ1n) is 8.83. The molecule has 0 unspecified atom stereocenters. The summed E-state index contributed by atoms with van der Waals surface area (Å²) in [5, 5.41) is 12.3. The minimum absolute atomic E-state index is 0.0789. The molecule has 2 amide bonds. The molecule has 26 heavy (non-hydrogen) atoms. The molecule has 1 aromatic heterocycles. The minimum Gasteiger partial charge on any atom is -0.306 e. The highest BCUT2D eigenvalue weighted by atomic mass is 32.2. The third kappa shape index (κ3) is 4.85. The number of benzene rings is 1. The molecule has 0 saturated heterocycles. The Hall–Kier alpha value is -2.35. The number of carbonyl (C=O) groups is 1. The van der Waals surface area contributed by atoms with Crippen LogP contribution in [0.3, 0.4) is 0 Å². The maximum absolute atomic E-state index is 12.2. The minimum atomic E-state index is -3.43. The Bertz CT molecular complexity index is 870. The lowest BCUT2D eigenvalue weighted by Gasteiger charge is -2.20. The second-order valence-electron chi connectivity index (χ2n) is 6.83. The van der Waals surface area contributed by atoms with Crippen LogP contribution in [-0.2, 0) is 16.3 Å². The molecule has 7 nitrogen and oxygen atoms in total. The van der Waals surface area contributed by atoms with Crippen LogP contribution in [0.4, 0.5) is 16.3 Å². The van der Waals surface area contributed by atoms with E-state index in [0.29, 0.717) is 11.7 Å². The third-order valence-corrected chi connectivity index (χ3v) is 5.80. The number of sulfone groups is 1. The SMILES string of the molecule is CS(=O)(=O)c1ccccc1NC(=O)Nc1cc(CC2CCCCC2)[nH]n1. The van der Waals surface area contributed by atoms with Crippen molar-refractivity contribution in [2.45, 2.75) is 43.4 Å². The van der Waals surface area contributed by atoms with Gasteiger partial charge in [0.2, 0.25) is 0 Å². The van der Waals surface area contributed by atoms with Gasteiger partial charge < -0.3 is 5.32 Å². The molecule has 8 heteroatoms. The fourth-order valence-electron chi connectivity index (χ4n) is 3.40. The van der Waals surface area contributed by atoms with Crippen molar-refractivity contribution in [1.29, 1.82) is 0 Å². The Kier molecular flexibility index (Phi) is 5.61. The molecule has 1 aromatic carbocycles. The van der Waals surface area contributed by atoms with E-state index < -0.39 is 15.9 Å². The van der Waals surface area contributed by atoms with Crippen molar-refractivity contribution < 1.29 is 13.2 Å². The van der Waals surface area contributed by atoms with E-state index in [0.717, 1.165) is 18.4 Å². The number of nitrogens with one attached hydrogen (secondary N) is 3. The molecule has 0 spiro atoms. The largest absolute Gasteiger partial charge is 0.324 e. The van der Waals surface area contributed by atoms with Crippen molar-refractivity contribution in [1.82, 2.24) is 10.2 Å². The number of H-pyrrole nitrogens is 1. The first-order chi connectivity index (χ1) is 12.4. The number of para-hydroxylation sites is 1. The van der Waals surface area contributed by atoms with Crippen LogP contribution in [-0.4, -0.2) is 30.9 Å². The summed E-state index contributed by atoms with van der Waals surface area (Å²) >= 11 is 0. The Labute approximate surface area is 153 Å². The number of aromatic amines is 1. The summed E-state index contributed by atoms with van der Waals surface area (Å²) < 4.78 is 23.6. The highest BCUT2D eigenvalue weighted by molar-refractivity contribution is 7.90. The van der Waals surface area contributed by atoms with Crippen LogP contribution < -0.4 is 10.6 Å². The number of urea groups is 1. The van der Waals surface area contributed by atoms with E-state index in [4.69, 9.17) is 0 Å². The molecule has 3 rings (SSSR count). The van der Waals surface area contributed by atoms with Gasteiger partial charge in [-0.3, -0.25) is 10.4 Å². The average Bonchev–Trinajstić information content (AvgIpc) is 3.02. The zero-order valence-electron chi connectivity index (χ0n) is 14.8. The van der Waals surface area contributed by atoms with E-state index in [9.17, 15) is 13.2 Å². The van der Waals surface area contributed by atoms with Gasteiger partial charge in [0.25, 0.3) is 0 Å². The highest BCUT2D eigenvalue weighted by Gasteiger charge is 2.17. The van der Waals surface area contributed by atoms with Crippen LogP contribution in [0, 0.1) is 5.92 Å². The maximum Gasteiger partial charge on any atom is 0.324 e. The summed E-state index contributed by atoms with van der Waals surface area (Å²) in [6, 6.07) is 7.59. The van der Waals surface area contributed by atoms with Gasteiger partial charge >= 0.3 is 6.03 Å². The van der Waals surface area contributed by atoms with Crippen molar-refractivity contribution in [3.05, 3.63) is 36.0 Å². The fourth-order valence-corrected chi connectivity index (χ4v) is 4.24. The van der Waals surface area contributed by atoms with Gasteiger partial charge in [-0.2, -0.15) is 5.10 Å². The molecule has 1 aliphatic carbocycles. The molecule has 2 aromatic rings. The lowest BCUT2D eigenvalue weighted by Crippen LogP contribution is -2.21. The van der Waals surface area contributed by atoms with Crippen LogP contribution in [0.15, 0.2) is 35.2 Å². The number of rotatable bonds is 5. The first kappa shape index (κ1) is 18.4. The van der Waals surface area contributed by atoms with Gasteiger partial charge in [-0.05, 0) is 24.5 Å². The van der Waals surface area contributed by atoms with Gasteiger partial charge in [0.05, 0.1) is 10.6 Å². The Balaban J connectivity index is 1.61. The lowest BCUT2D eigenvalue weighted by atomic mass is 9.86. The standard InChI is InChI=1S/C18H24N4O3S/c1-26(24,25)16-10-6-5-9-15(16)19-18(23)20-17-12-14(21-22-17)11-13-7-3-2-4-8-13/h5-6,9-10,12-13H,2-4,7-8,11H2,1H3,(H3,19,20,21,22,23). The first-order valence-corrected chi connectivity index (χ1v) is 10.7. The van der Waals surface area contributed by atoms with Crippen LogP contribution in [0.1, 0.15) is 37.8 Å². The van der Waals surface area contributed by atoms with Crippen LogP contribution >= 0.6 is 0 Å². The molecule has 1 saturated carbocycles. The van der Waals surface area contributed by atoms with Crippen molar-refractivity contribution >= 4 is 27.4 Å². The highest BCUT2D eigenvalue weighted by Crippen LogP contribution is 2.27. The smallest absolute Gasteiger partial charge is 0.306 e. The van der Waals surface area contributed by atoms with Gasteiger partial charge in [0.15, 0.2) is 15.7 Å². The monoisotopic (exact) mass is 376 g/mol. The topological polar surface area (TPSA) is 104 Å². The molecule has 0 aliphatic heterocycles. The number of nitrogens with zero attached hydrogens (tertiary/aromatic N) is 1. The number of amides is 2. The zero-order chi connectivity index (χ0) is 18.6. The summed E-state index contributed by atoms with van der Waals surface area (Å²) in [6.45, 7) is 0. The van der Waals surface area contributed by atoms with Crippen molar-refractivity contribution in [2.24, 2.45) is 5.92 Å². The van der Waals surface area contributed by atoms with Crippen molar-refractivity contribution in [3.8, 4) is 0 Å². The summed E-state index contributed by atoms with van der Waals surface area (Å²) in [7, 11) is -3.43. The molecule has 0 bridgehead atoms. The van der Waals surface area contributed by atoms with Gasteiger partial charge in [-0.25, -0.2) is 13.2 Å². The average molecular weight is 376 g/mol. The Morgan fingerprint density at radius 2 is 1.92 bits per heavy atom. The van der Waals surface area contributed by atoms with Gasteiger partial charge in [-0.1, -0.05) is 44.2 Å². The molecule has 3 N–H and O–H groups in total. The van der Waals surface area contributed by atoms with Gasteiger partial charge in [0, 0.05) is 18.0 Å². The van der Waals surface area contributed by atoms with Crippen LogP contribution in [0.5, 0.6) is 0 Å². The second-order valence-corrected chi connectivity index (χ2v) is 8.82. The molecular formula is C18H24N4O3S. The van der Waals surface area contributed by atoms with E-state index in [-0.39, 0.29) is 10.6 Å². The molecule has 1 heterocycles. The van der Waals surface area contributed by atoms with E-state index >= 15 is 0 Å². The van der Waals surface area contributed by atoms with Gasteiger partial charge in [0.1, 0.15) is 0 Å².